The van der Waals surface area contributed by atoms with E-state index in [9.17, 15) is 9.59 Å². The second kappa shape index (κ2) is 8.12. The predicted octanol–water partition coefficient (Wildman–Crippen LogP) is 2.69. The highest BCUT2D eigenvalue weighted by molar-refractivity contribution is 5.76. The average Bonchev–Trinajstić information content (AvgIpc) is 3.06. The molecule has 0 bridgehead atoms. The van der Waals surface area contributed by atoms with Crippen molar-refractivity contribution in [1.82, 2.24) is 15.1 Å². The highest BCUT2D eigenvalue weighted by Crippen LogP contribution is 2.16. The lowest BCUT2D eigenvalue weighted by Gasteiger charge is -2.15. The molecule has 1 atom stereocenters. The number of unbranched alkanes of at least 4 members (excludes halogenated alkanes) is 1. The fourth-order valence-electron chi connectivity index (χ4n) is 2.32. The highest BCUT2D eigenvalue weighted by Gasteiger charge is 2.10. The largest absolute Gasteiger partial charge is 0.481 e. The minimum atomic E-state index is -0.825. The van der Waals surface area contributed by atoms with Gasteiger partial charge in [0, 0.05) is 25.2 Å². The maximum Gasteiger partial charge on any atom is 0.303 e. The van der Waals surface area contributed by atoms with Crippen molar-refractivity contribution in [3.63, 3.8) is 0 Å². The molecule has 0 saturated heterocycles. The third-order valence-electron chi connectivity index (χ3n) is 3.56. The Kier molecular flexibility index (Phi) is 5.91. The van der Waals surface area contributed by atoms with E-state index in [2.05, 4.69) is 10.4 Å². The third-order valence-corrected chi connectivity index (χ3v) is 3.56. The van der Waals surface area contributed by atoms with Crippen molar-refractivity contribution in [3.05, 3.63) is 48.3 Å². The minimum Gasteiger partial charge on any atom is -0.481 e. The lowest BCUT2D eigenvalue weighted by Crippen LogP contribution is -2.26. The molecule has 6 nitrogen and oxygen atoms in total. The highest BCUT2D eigenvalue weighted by atomic mass is 16.4. The van der Waals surface area contributed by atoms with Gasteiger partial charge in [0.05, 0.1) is 11.7 Å². The van der Waals surface area contributed by atoms with Crippen LogP contribution in [0.4, 0.5) is 0 Å². The molecule has 0 fully saturated rings. The summed E-state index contributed by atoms with van der Waals surface area (Å²) in [7, 11) is 0. The number of hydrogen-bond acceptors (Lipinski definition) is 3. The van der Waals surface area contributed by atoms with E-state index in [1.54, 1.807) is 10.9 Å². The van der Waals surface area contributed by atoms with E-state index >= 15 is 0 Å². The van der Waals surface area contributed by atoms with Crippen molar-refractivity contribution >= 4 is 11.9 Å². The summed E-state index contributed by atoms with van der Waals surface area (Å²) in [5.41, 5.74) is 1.94. The van der Waals surface area contributed by atoms with Gasteiger partial charge in [-0.15, -0.1) is 0 Å². The van der Waals surface area contributed by atoms with E-state index in [-0.39, 0.29) is 18.4 Å². The Morgan fingerprint density at radius 3 is 2.74 bits per heavy atom. The zero-order valence-corrected chi connectivity index (χ0v) is 13.1. The Labute approximate surface area is 135 Å². The van der Waals surface area contributed by atoms with Gasteiger partial charge in [0.2, 0.25) is 5.91 Å². The SMILES string of the molecule is CC(NC(=O)CCCCC(=O)O)c1cccc(-n2cccn2)c1. The molecule has 0 aliphatic carbocycles. The Morgan fingerprint density at radius 2 is 2.04 bits per heavy atom. The van der Waals surface area contributed by atoms with E-state index in [0.717, 1.165) is 11.3 Å². The molecule has 0 aliphatic heterocycles. The van der Waals surface area contributed by atoms with Gasteiger partial charge in [-0.1, -0.05) is 12.1 Å². The molecule has 0 spiro atoms. The molecule has 23 heavy (non-hydrogen) atoms. The number of carboxylic acid groups (broad SMARTS) is 1. The molecule has 1 unspecified atom stereocenters. The van der Waals surface area contributed by atoms with E-state index in [1.165, 1.54) is 0 Å². The Bertz CT molecular complexity index is 653. The first kappa shape index (κ1) is 16.7. The monoisotopic (exact) mass is 315 g/mol. The van der Waals surface area contributed by atoms with Crippen LogP contribution in [0.2, 0.25) is 0 Å². The fourth-order valence-corrected chi connectivity index (χ4v) is 2.32. The number of rotatable bonds is 8. The van der Waals surface area contributed by atoms with Crippen LogP contribution in [0.15, 0.2) is 42.7 Å². The number of aromatic nitrogens is 2. The minimum absolute atomic E-state index is 0.0626. The van der Waals surface area contributed by atoms with Gasteiger partial charge < -0.3 is 10.4 Å². The first-order valence-corrected chi connectivity index (χ1v) is 7.67. The van der Waals surface area contributed by atoms with Crippen LogP contribution >= 0.6 is 0 Å². The topological polar surface area (TPSA) is 84.2 Å². The maximum atomic E-state index is 11.9. The Hall–Kier alpha value is -2.63. The molecule has 122 valence electrons. The lowest BCUT2D eigenvalue weighted by molar-refractivity contribution is -0.137. The van der Waals surface area contributed by atoms with Crippen LogP contribution in [-0.2, 0) is 9.59 Å². The summed E-state index contributed by atoms with van der Waals surface area (Å²) in [6, 6.07) is 9.58. The molecule has 2 rings (SSSR count). The number of benzene rings is 1. The van der Waals surface area contributed by atoms with Crippen LogP contribution in [0.3, 0.4) is 0 Å². The maximum absolute atomic E-state index is 11.9. The number of nitrogens with zero attached hydrogens (tertiary/aromatic N) is 2. The molecule has 0 radical (unpaired) electrons. The molecular formula is C17H21N3O3. The van der Waals surface area contributed by atoms with Gasteiger partial charge in [-0.3, -0.25) is 9.59 Å². The molecule has 1 heterocycles. The molecule has 6 heteroatoms. The van der Waals surface area contributed by atoms with Crippen LogP contribution in [0.25, 0.3) is 5.69 Å². The van der Waals surface area contributed by atoms with Gasteiger partial charge in [-0.05, 0) is 43.5 Å². The quantitative estimate of drug-likeness (QED) is 0.734. The average molecular weight is 315 g/mol. The number of nitrogens with one attached hydrogen (secondary N) is 1. The molecule has 1 aromatic heterocycles. The van der Waals surface area contributed by atoms with E-state index in [0.29, 0.717) is 19.3 Å². The van der Waals surface area contributed by atoms with Crippen LogP contribution in [0.5, 0.6) is 0 Å². The van der Waals surface area contributed by atoms with Crippen LogP contribution in [0, 0.1) is 0 Å². The standard InChI is InChI=1S/C17H21N3O3/c1-13(19-16(21)8-2-3-9-17(22)23)14-6-4-7-15(12-14)20-11-5-10-18-20/h4-7,10-13H,2-3,8-9H2,1H3,(H,19,21)(H,22,23). The van der Waals surface area contributed by atoms with Gasteiger partial charge >= 0.3 is 5.97 Å². The van der Waals surface area contributed by atoms with Crippen molar-refractivity contribution in [3.8, 4) is 5.69 Å². The van der Waals surface area contributed by atoms with Crippen molar-refractivity contribution in [2.75, 3.05) is 0 Å². The van der Waals surface area contributed by atoms with Gasteiger partial charge in [-0.25, -0.2) is 4.68 Å². The van der Waals surface area contributed by atoms with Crippen molar-refractivity contribution in [1.29, 1.82) is 0 Å². The second-order valence-electron chi connectivity index (χ2n) is 5.44. The first-order chi connectivity index (χ1) is 11.1. The summed E-state index contributed by atoms with van der Waals surface area (Å²) in [6.45, 7) is 1.93. The molecule has 1 amide bonds. The molecule has 0 aliphatic rings. The van der Waals surface area contributed by atoms with Gasteiger partial charge in [-0.2, -0.15) is 5.10 Å². The van der Waals surface area contributed by atoms with Crippen molar-refractivity contribution in [2.24, 2.45) is 0 Å². The Morgan fingerprint density at radius 1 is 1.26 bits per heavy atom. The molecule has 2 aromatic rings. The number of carbonyl (C=O) groups is 2. The molecule has 0 saturated carbocycles. The van der Waals surface area contributed by atoms with Crippen molar-refractivity contribution in [2.45, 2.75) is 38.6 Å². The number of carbonyl (C=O) groups excluding carboxylic acids is 1. The van der Waals surface area contributed by atoms with E-state index in [4.69, 9.17) is 5.11 Å². The zero-order valence-electron chi connectivity index (χ0n) is 13.1. The summed E-state index contributed by atoms with van der Waals surface area (Å²) in [5.74, 6) is -0.887. The lowest BCUT2D eigenvalue weighted by atomic mass is 10.1. The number of carboxylic acids is 1. The second-order valence-corrected chi connectivity index (χ2v) is 5.44. The third kappa shape index (κ3) is 5.25. The summed E-state index contributed by atoms with van der Waals surface area (Å²) in [6.07, 6.45) is 5.13. The normalized spacial score (nSPS) is 11.9. The zero-order chi connectivity index (χ0) is 16.7. The van der Waals surface area contributed by atoms with Crippen LogP contribution in [0.1, 0.15) is 44.2 Å². The van der Waals surface area contributed by atoms with Gasteiger partial charge in [0.25, 0.3) is 0 Å². The number of aliphatic carboxylic acids is 1. The summed E-state index contributed by atoms with van der Waals surface area (Å²) < 4.78 is 1.77. The number of hydrogen-bond donors (Lipinski definition) is 2. The van der Waals surface area contributed by atoms with E-state index in [1.807, 2.05) is 43.5 Å². The fraction of sp³-hybridized carbons (Fsp3) is 0.353. The summed E-state index contributed by atoms with van der Waals surface area (Å²) in [5, 5.41) is 15.7. The molecule has 1 aromatic carbocycles. The molecular weight excluding hydrogens is 294 g/mol. The summed E-state index contributed by atoms with van der Waals surface area (Å²) >= 11 is 0. The summed E-state index contributed by atoms with van der Waals surface area (Å²) in [4.78, 5) is 22.3. The van der Waals surface area contributed by atoms with Crippen molar-refractivity contribution < 1.29 is 14.7 Å². The van der Waals surface area contributed by atoms with Crippen LogP contribution < -0.4 is 5.32 Å². The van der Waals surface area contributed by atoms with Gasteiger partial charge in [0.15, 0.2) is 0 Å². The van der Waals surface area contributed by atoms with Gasteiger partial charge in [0.1, 0.15) is 0 Å². The first-order valence-electron chi connectivity index (χ1n) is 7.67. The smallest absolute Gasteiger partial charge is 0.303 e. The number of amides is 1. The van der Waals surface area contributed by atoms with E-state index < -0.39 is 5.97 Å². The molecule has 2 N–H and O–H groups in total. The predicted molar refractivity (Wildman–Crippen MR) is 86.2 cm³/mol. The Balaban J connectivity index is 1.88. The van der Waals surface area contributed by atoms with Crippen LogP contribution in [-0.4, -0.2) is 26.8 Å².